The molecule has 6 heteroatoms. The number of aromatic nitrogens is 2. The standard InChI is InChI=1S/C23H22N4O2/c1-2-22(28)25-19-8-5-7-17(13-19)23(29)27-11-10-16(15-27)12-21-24-14-18-6-3-4-9-20(18)26-21/h2-9,13-14,16H,1,10-12,15H2,(H,25,28)/t16-/m0/s1. The van der Waals surface area contributed by atoms with Crippen molar-refractivity contribution in [1.82, 2.24) is 14.9 Å². The fourth-order valence-corrected chi connectivity index (χ4v) is 3.66. The highest BCUT2D eigenvalue weighted by atomic mass is 16.2. The molecule has 1 aromatic heterocycles. The molecule has 0 saturated carbocycles. The minimum absolute atomic E-state index is 0.0263. The first-order valence-corrected chi connectivity index (χ1v) is 9.66. The smallest absolute Gasteiger partial charge is 0.253 e. The molecule has 0 aliphatic carbocycles. The van der Waals surface area contributed by atoms with Crippen molar-refractivity contribution in [3.05, 3.63) is 78.8 Å². The molecule has 0 unspecified atom stereocenters. The van der Waals surface area contributed by atoms with Gasteiger partial charge in [-0.25, -0.2) is 9.97 Å². The molecular formula is C23H22N4O2. The SMILES string of the molecule is C=CC(=O)Nc1cccc(C(=O)N2CC[C@@H](Cc3ncc4ccccc4n3)C2)c1. The van der Waals surface area contributed by atoms with Crippen molar-refractivity contribution in [2.24, 2.45) is 5.92 Å². The number of carbonyl (C=O) groups is 2. The summed E-state index contributed by atoms with van der Waals surface area (Å²) in [6.07, 6.45) is 4.74. The van der Waals surface area contributed by atoms with Crippen LogP contribution in [0.5, 0.6) is 0 Å². The number of hydrogen-bond donors (Lipinski definition) is 1. The molecule has 4 rings (SSSR count). The van der Waals surface area contributed by atoms with Gasteiger partial charge in [-0.2, -0.15) is 0 Å². The van der Waals surface area contributed by atoms with Gasteiger partial charge < -0.3 is 10.2 Å². The zero-order valence-electron chi connectivity index (χ0n) is 16.0. The van der Waals surface area contributed by atoms with Crippen molar-refractivity contribution in [2.75, 3.05) is 18.4 Å². The van der Waals surface area contributed by atoms with Gasteiger partial charge in [-0.3, -0.25) is 9.59 Å². The number of rotatable bonds is 5. The first kappa shape index (κ1) is 18.8. The molecule has 1 aliphatic heterocycles. The molecule has 3 aromatic rings. The molecule has 2 amide bonds. The summed E-state index contributed by atoms with van der Waals surface area (Å²) in [6.45, 7) is 4.83. The van der Waals surface area contributed by atoms with Gasteiger partial charge in [-0.1, -0.05) is 30.8 Å². The van der Waals surface area contributed by atoms with Crippen molar-refractivity contribution < 1.29 is 9.59 Å². The number of amides is 2. The van der Waals surface area contributed by atoms with E-state index in [1.807, 2.05) is 35.4 Å². The van der Waals surface area contributed by atoms with E-state index in [4.69, 9.17) is 0 Å². The molecule has 6 nitrogen and oxygen atoms in total. The minimum Gasteiger partial charge on any atom is -0.338 e. The zero-order chi connectivity index (χ0) is 20.2. The molecule has 2 heterocycles. The molecule has 0 spiro atoms. The number of fused-ring (bicyclic) bond motifs is 1. The van der Waals surface area contributed by atoms with Crippen LogP contribution >= 0.6 is 0 Å². The van der Waals surface area contributed by atoms with E-state index >= 15 is 0 Å². The summed E-state index contributed by atoms with van der Waals surface area (Å²) in [5.74, 6) is 0.828. The van der Waals surface area contributed by atoms with Crippen molar-refractivity contribution in [3.63, 3.8) is 0 Å². The predicted octanol–water partition coefficient (Wildman–Crippen LogP) is 3.46. The van der Waals surface area contributed by atoms with E-state index in [0.29, 0.717) is 30.3 Å². The number of hydrogen-bond acceptors (Lipinski definition) is 4. The van der Waals surface area contributed by atoms with E-state index in [1.165, 1.54) is 6.08 Å². The third-order valence-corrected chi connectivity index (χ3v) is 5.15. The van der Waals surface area contributed by atoms with Crippen LogP contribution in [0.2, 0.25) is 0 Å². The van der Waals surface area contributed by atoms with Crippen molar-refractivity contribution in [2.45, 2.75) is 12.8 Å². The maximum Gasteiger partial charge on any atom is 0.253 e. The summed E-state index contributed by atoms with van der Waals surface area (Å²) in [5.41, 5.74) is 2.09. The summed E-state index contributed by atoms with van der Waals surface area (Å²) in [5, 5.41) is 3.72. The van der Waals surface area contributed by atoms with Crippen LogP contribution in [-0.2, 0) is 11.2 Å². The Labute approximate surface area is 169 Å². The molecule has 2 aromatic carbocycles. The summed E-state index contributed by atoms with van der Waals surface area (Å²) in [6, 6.07) is 14.9. The molecule has 1 aliphatic rings. The summed E-state index contributed by atoms with van der Waals surface area (Å²) in [7, 11) is 0. The van der Waals surface area contributed by atoms with Gasteiger partial charge in [0.1, 0.15) is 5.82 Å². The van der Waals surface area contributed by atoms with Crippen LogP contribution in [0.3, 0.4) is 0 Å². The molecule has 0 bridgehead atoms. The Kier molecular flexibility index (Phi) is 5.33. The number of likely N-dealkylation sites (tertiary alicyclic amines) is 1. The summed E-state index contributed by atoms with van der Waals surface area (Å²) < 4.78 is 0. The minimum atomic E-state index is -0.300. The van der Waals surface area contributed by atoms with Crippen LogP contribution in [0.4, 0.5) is 5.69 Å². The molecule has 1 saturated heterocycles. The summed E-state index contributed by atoms with van der Waals surface area (Å²) >= 11 is 0. The van der Waals surface area contributed by atoms with Gasteiger partial charge in [0.25, 0.3) is 5.91 Å². The number of carbonyl (C=O) groups excluding carboxylic acids is 2. The Morgan fingerprint density at radius 2 is 2.07 bits per heavy atom. The first-order valence-electron chi connectivity index (χ1n) is 9.66. The fourth-order valence-electron chi connectivity index (χ4n) is 3.66. The van der Waals surface area contributed by atoms with E-state index in [9.17, 15) is 9.59 Å². The Balaban J connectivity index is 1.41. The largest absolute Gasteiger partial charge is 0.338 e. The quantitative estimate of drug-likeness (QED) is 0.682. The highest BCUT2D eigenvalue weighted by Crippen LogP contribution is 2.23. The van der Waals surface area contributed by atoms with Gasteiger partial charge in [-0.15, -0.1) is 0 Å². The van der Waals surface area contributed by atoms with Crippen molar-refractivity contribution in [3.8, 4) is 0 Å². The van der Waals surface area contributed by atoms with Crippen LogP contribution in [-0.4, -0.2) is 39.8 Å². The average molecular weight is 386 g/mol. The van der Waals surface area contributed by atoms with Crippen molar-refractivity contribution >= 4 is 28.4 Å². The highest BCUT2D eigenvalue weighted by Gasteiger charge is 2.27. The van der Waals surface area contributed by atoms with Gasteiger partial charge >= 0.3 is 0 Å². The second-order valence-corrected chi connectivity index (χ2v) is 7.23. The highest BCUT2D eigenvalue weighted by molar-refractivity contribution is 6.00. The van der Waals surface area contributed by atoms with Crippen molar-refractivity contribution in [1.29, 1.82) is 0 Å². The fraction of sp³-hybridized carbons (Fsp3) is 0.217. The molecule has 1 fully saturated rings. The molecule has 29 heavy (non-hydrogen) atoms. The lowest BCUT2D eigenvalue weighted by atomic mass is 10.0. The second-order valence-electron chi connectivity index (χ2n) is 7.23. The number of nitrogens with zero attached hydrogens (tertiary/aromatic N) is 3. The first-order chi connectivity index (χ1) is 14.1. The Morgan fingerprint density at radius 1 is 1.21 bits per heavy atom. The van der Waals surface area contributed by atoms with E-state index < -0.39 is 0 Å². The molecule has 1 atom stereocenters. The topological polar surface area (TPSA) is 75.2 Å². The third-order valence-electron chi connectivity index (χ3n) is 5.15. The summed E-state index contributed by atoms with van der Waals surface area (Å²) in [4.78, 5) is 35.4. The van der Waals surface area contributed by atoms with Crippen LogP contribution in [0, 0.1) is 5.92 Å². The van der Waals surface area contributed by atoms with Gasteiger partial charge in [0.2, 0.25) is 5.91 Å². The lowest BCUT2D eigenvalue weighted by molar-refractivity contribution is -0.111. The predicted molar refractivity (Wildman–Crippen MR) is 113 cm³/mol. The van der Waals surface area contributed by atoms with Gasteiger partial charge in [0.05, 0.1) is 5.52 Å². The average Bonchev–Trinajstić information content (AvgIpc) is 3.21. The molecule has 146 valence electrons. The molecule has 0 radical (unpaired) electrons. The van der Waals surface area contributed by atoms with Crippen LogP contribution in [0.15, 0.2) is 67.4 Å². The van der Waals surface area contributed by atoms with E-state index in [1.54, 1.807) is 24.3 Å². The monoisotopic (exact) mass is 386 g/mol. The normalized spacial score (nSPS) is 16.0. The third kappa shape index (κ3) is 4.32. The molecule has 1 N–H and O–H groups in total. The van der Waals surface area contributed by atoms with Gasteiger partial charge in [0, 0.05) is 42.3 Å². The second kappa shape index (κ2) is 8.22. The van der Waals surface area contributed by atoms with Crippen LogP contribution in [0.1, 0.15) is 22.6 Å². The zero-order valence-corrected chi connectivity index (χ0v) is 16.0. The lowest BCUT2D eigenvalue weighted by Crippen LogP contribution is -2.29. The molecular weight excluding hydrogens is 364 g/mol. The number of benzene rings is 2. The maximum atomic E-state index is 12.9. The van der Waals surface area contributed by atoms with E-state index in [2.05, 4.69) is 21.9 Å². The van der Waals surface area contributed by atoms with Gasteiger partial charge in [0.15, 0.2) is 0 Å². The van der Waals surface area contributed by atoms with Crippen LogP contribution in [0.25, 0.3) is 10.9 Å². The number of anilines is 1. The Hall–Kier alpha value is -3.54. The van der Waals surface area contributed by atoms with E-state index in [0.717, 1.165) is 29.6 Å². The maximum absolute atomic E-state index is 12.9. The van der Waals surface area contributed by atoms with Crippen LogP contribution < -0.4 is 5.32 Å². The van der Waals surface area contributed by atoms with Gasteiger partial charge in [-0.05, 0) is 42.7 Å². The number of para-hydroxylation sites is 1. The van der Waals surface area contributed by atoms with E-state index in [-0.39, 0.29) is 11.8 Å². The lowest BCUT2D eigenvalue weighted by Gasteiger charge is -2.17. The Bertz CT molecular complexity index is 1080. The number of nitrogens with one attached hydrogen (secondary N) is 1. The Morgan fingerprint density at radius 3 is 2.93 bits per heavy atom.